The Kier molecular flexibility index (Phi) is 2.81. The lowest BCUT2D eigenvalue weighted by Crippen LogP contribution is -2.29. The van der Waals surface area contributed by atoms with E-state index >= 15 is 0 Å². The molecule has 102 valence electrons. The molecule has 2 heterocycles. The van der Waals surface area contributed by atoms with Crippen LogP contribution in [0.25, 0.3) is 0 Å². The Bertz CT molecular complexity index is 711. The van der Waals surface area contributed by atoms with Gasteiger partial charge in [-0.25, -0.2) is 4.39 Å². The molecule has 0 N–H and O–H groups in total. The van der Waals surface area contributed by atoms with Crippen molar-refractivity contribution in [3.8, 4) is 0 Å². The molecule has 0 fully saturated rings. The second-order valence-electron chi connectivity index (χ2n) is 4.34. The van der Waals surface area contributed by atoms with Crippen molar-refractivity contribution >= 4 is 17.4 Å². The van der Waals surface area contributed by atoms with Crippen LogP contribution in [0, 0.1) is 5.82 Å². The van der Waals surface area contributed by atoms with Gasteiger partial charge in [0.25, 0.3) is 11.7 Å². The number of ketones is 1. The number of Topliss-reactive ketones (excluding diaryl/α,β-unsaturated/α-hetero) is 1. The van der Waals surface area contributed by atoms with Gasteiger partial charge in [0.2, 0.25) is 5.89 Å². The van der Waals surface area contributed by atoms with Crippen molar-refractivity contribution in [3.05, 3.63) is 41.3 Å². The number of nitrogens with zero attached hydrogens (tertiary/aromatic N) is 3. The van der Waals surface area contributed by atoms with E-state index in [1.54, 1.807) is 0 Å². The Hall–Kier alpha value is -2.57. The van der Waals surface area contributed by atoms with Gasteiger partial charge < -0.3 is 4.52 Å². The Labute approximate surface area is 113 Å². The van der Waals surface area contributed by atoms with Crippen LogP contribution in [0.15, 0.2) is 22.7 Å². The minimum absolute atomic E-state index is 0.0233. The Morgan fingerprint density at radius 3 is 2.85 bits per heavy atom. The number of carbonyl (C=O) groups is 2. The number of benzene rings is 1. The van der Waals surface area contributed by atoms with Crippen molar-refractivity contribution in [3.63, 3.8) is 0 Å². The highest BCUT2D eigenvalue weighted by Gasteiger charge is 2.36. The third-order valence-corrected chi connectivity index (χ3v) is 3.05. The van der Waals surface area contributed by atoms with Gasteiger partial charge in [-0.2, -0.15) is 4.98 Å². The highest BCUT2D eigenvalue weighted by molar-refractivity contribution is 6.52. The molecule has 20 heavy (non-hydrogen) atoms. The molecule has 0 bridgehead atoms. The summed E-state index contributed by atoms with van der Waals surface area (Å²) in [6, 6.07) is 3.61. The van der Waals surface area contributed by atoms with Crippen LogP contribution in [0.3, 0.4) is 0 Å². The van der Waals surface area contributed by atoms with E-state index in [1.807, 2.05) is 6.92 Å². The zero-order valence-electron chi connectivity index (χ0n) is 10.6. The van der Waals surface area contributed by atoms with Gasteiger partial charge in [-0.05, 0) is 18.2 Å². The summed E-state index contributed by atoms with van der Waals surface area (Å²) < 4.78 is 18.2. The van der Waals surface area contributed by atoms with Crippen LogP contribution in [-0.2, 0) is 17.8 Å². The van der Waals surface area contributed by atoms with Crippen molar-refractivity contribution < 1.29 is 18.5 Å². The minimum atomic E-state index is -0.714. The van der Waals surface area contributed by atoms with Crippen molar-refractivity contribution in [2.75, 3.05) is 4.90 Å². The van der Waals surface area contributed by atoms with Crippen molar-refractivity contribution in [2.45, 2.75) is 19.9 Å². The van der Waals surface area contributed by atoms with E-state index in [-0.39, 0.29) is 23.6 Å². The molecular weight excluding hydrogens is 265 g/mol. The van der Waals surface area contributed by atoms with E-state index in [0.717, 1.165) is 17.0 Å². The molecule has 3 rings (SSSR count). The number of carbonyl (C=O) groups excluding carboxylic acids is 2. The number of hydrogen-bond acceptors (Lipinski definition) is 5. The number of amides is 1. The summed E-state index contributed by atoms with van der Waals surface area (Å²) in [7, 11) is 0. The molecule has 2 aromatic rings. The molecule has 0 unspecified atom stereocenters. The predicted molar refractivity (Wildman–Crippen MR) is 65.6 cm³/mol. The monoisotopic (exact) mass is 275 g/mol. The summed E-state index contributed by atoms with van der Waals surface area (Å²) in [5.74, 6) is -1.16. The molecule has 6 nitrogen and oxygen atoms in total. The normalized spacial score (nSPS) is 14.0. The lowest BCUT2D eigenvalue weighted by Gasteiger charge is -2.13. The highest BCUT2D eigenvalue weighted by atomic mass is 19.1. The standard InChI is InChI=1S/C13H10FN3O3/c1-2-11-15-10(16-20-11)6-17-9-5-7(14)3-4-8(9)12(18)13(17)19/h3-5H,2,6H2,1H3. The van der Waals surface area contributed by atoms with E-state index < -0.39 is 17.5 Å². The van der Waals surface area contributed by atoms with Gasteiger partial charge in [0, 0.05) is 6.42 Å². The summed E-state index contributed by atoms with van der Waals surface area (Å²) >= 11 is 0. The van der Waals surface area contributed by atoms with Crippen molar-refractivity contribution in [1.82, 2.24) is 10.1 Å². The molecule has 1 aliphatic rings. The summed E-state index contributed by atoms with van der Waals surface area (Å²) in [6.45, 7) is 1.83. The summed E-state index contributed by atoms with van der Waals surface area (Å²) in [6.07, 6.45) is 0.574. The first-order chi connectivity index (χ1) is 9.60. The number of anilines is 1. The fraction of sp³-hybridized carbons (Fsp3) is 0.231. The molecule has 1 aliphatic heterocycles. The second kappa shape index (κ2) is 4.52. The first-order valence-electron chi connectivity index (χ1n) is 6.07. The topological polar surface area (TPSA) is 76.3 Å². The maximum absolute atomic E-state index is 13.3. The fourth-order valence-electron chi connectivity index (χ4n) is 2.06. The van der Waals surface area contributed by atoms with Crippen LogP contribution < -0.4 is 4.90 Å². The molecule has 1 aromatic carbocycles. The number of hydrogen-bond donors (Lipinski definition) is 0. The SMILES string of the molecule is CCc1nc(CN2C(=O)C(=O)c3ccc(F)cc32)no1. The average Bonchev–Trinajstić information content (AvgIpc) is 2.98. The Morgan fingerprint density at radius 2 is 2.15 bits per heavy atom. The fourth-order valence-corrected chi connectivity index (χ4v) is 2.06. The van der Waals surface area contributed by atoms with Crippen LogP contribution >= 0.6 is 0 Å². The van der Waals surface area contributed by atoms with E-state index in [0.29, 0.717) is 12.3 Å². The summed E-state index contributed by atoms with van der Waals surface area (Å²) in [5, 5.41) is 3.72. The van der Waals surface area contributed by atoms with E-state index in [2.05, 4.69) is 10.1 Å². The molecule has 7 heteroatoms. The zero-order chi connectivity index (χ0) is 14.3. The first kappa shape index (κ1) is 12.5. The molecule has 0 saturated heterocycles. The molecule has 0 radical (unpaired) electrons. The predicted octanol–water partition coefficient (Wildman–Crippen LogP) is 1.50. The van der Waals surface area contributed by atoms with Crippen molar-refractivity contribution in [2.24, 2.45) is 0 Å². The number of halogens is 1. The zero-order valence-corrected chi connectivity index (χ0v) is 10.6. The molecular formula is C13H10FN3O3. The number of rotatable bonds is 3. The lowest BCUT2D eigenvalue weighted by atomic mass is 10.1. The third kappa shape index (κ3) is 1.87. The molecule has 0 spiro atoms. The molecule has 0 aliphatic carbocycles. The highest BCUT2D eigenvalue weighted by Crippen LogP contribution is 2.30. The number of aromatic nitrogens is 2. The van der Waals surface area contributed by atoms with E-state index in [4.69, 9.17) is 4.52 Å². The van der Waals surface area contributed by atoms with Gasteiger partial charge >= 0.3 is 0 Å². The van der Waals surface area contributed by atoms with E-state index in [1.165, 1.54) is 6.07 Å². The summed E-state index contributed by atoms with van der Waals surface area (Å²) in [4.78, 5) is 28.9. The maximum atomic E-state index is 13.3. The van der Waals surface area contributed by atoms with Gasteiger partial charge in [0.15, 0.2) is 5.82 Å². The molecule has 1 aromatic heterocycles. The molecule has 0 saturated carbocycles. The lowest BCUT2D eigenvalue weighted by molar-refractivity contribution is -0.114. The quantitative estimate of drug-likeness (QED) is 0.793. The first-order valence-corrected chi connectivity index (χ1v) is 6.07. The third-order valence-electron chi connectivity index (χ3n) is 3.05. The largest absolute Gasteiger partial charge is 0.339 e. The van der Waals surface area contributed by atoms with Crippen LogP contribution in [-0.4, -0.2) is 21.8 Å². The van der Waals surface area contributed by atoms with Crippen LogP contribution in [0.5, 0.6) is 0 Å². The van der Waals surface area contributed by atoms with E-state index in [9.17, 15) is 14.0 Å². The smallest absolute Gasteiger partial charge is 0.299 e. The Balaban J connectivity index is 1.96. The summed E-state index contributed by atoms with van der Waals surface area (Å²) in [5.41, 5.74) is 0.429. The molecule has 0 atom stereocenters. The van der Waals surface area contributed by atoms with Crippen LogP contribution in [0.2, 0.25) is 0 Å². The number of fused-ring (bicyclic) bond motifs is 1. The number of aryl methyl sites for hydroxylation is 1. The van der Waals surface area contributed by atoms with Gasteiger partial charge in [-0.1, -0.05) is 12.1 Å². The van der Waals surface area contributed by atoms with Crippen LogP contribution in [0.4, 0.5) is 10.1 Å². The van der Waals surface area contributed by atoms with Gasteiger partial charge in [-0.3, -0.25) is 14.5 Å². The minimum Gasteiger partial charge on any atom is -0.339 e. The average molecular weight is 275 g/mol. The van der Waals surface area contributed by atoms with Crippen LogP contribution in [0.1, 0.15) is 29.0 Å². The van der Waals surface area contributed by atoms with Crippen molar-refractivity contribution in [1.29, 1.82) is 0 Å². The second-order valence-corrected chi connectivity index (χ2v) is 4.34. The van der Waals surface area contributed by atoms with Gasteiger partial charge in [0.1, 0.15) is 5.82 Å². The molecule has 1 amide bonds. The van der Waals surface area contributed by atoms with Gasteiger partial charge in [0.05, 0.1) is 17.8 Å². The Morgan fingerprint density at radius 1 is 1.35 bits per heavy atom. The maximum Gasteiger partial charge on any atom is 0.299 e. The van der Waals surface area contributed by atoms with Gasteiger partial charge in [-0.15, -0.1) is 0 Å².